The van der Waals surface area contributed by atoms with E-state index in [9.17, 15) is 15.2 Å². The SMILES string of the molecule is CC(C)(C)c1ccc(OCC(O)Cn2cnc(-c3ccc([N+](=O)[O-])cc3)n2)cc1. The highest BCUT2D eigenvalue weighted by Crippen LogP contribution is 2.24. The summed E-state index contributed by atoms with van der Waals surface area (Å²) >= 11 is 0. The van der Waals surface area contributed by atoms with Gasteiger partial charge in [0.05, 0.1) is 11.5 Å². The van der Waals surface area contributed by atoms with Crippen LogP contribution in [0.15, 0.2) is 54.9 Å². The van der Waals surface area contributed by atoms with Crippen molar-refractivity contribution in [3.63, 3.8) is 0 Å². The largest absolute Gasteiger partial charge is 0.491 e. The molecule has 1 N–H and O–H groups in total. The minimum absolute atomic E-state index is 0.0105. The first-order valence-electron chi connectivity index (χ1n) is 9.28. The molecule has 8 nitrogen and oxygen atoms in total. The number of nitro benzene ring substituents is 1. The van der Waals surface area contributed by atoms with Crippen molar-refractivity contribution in [2.75, 3.05) is 6.61 Å². The number of aromatic nitrogens is 3. The highest BCUT2D eigenvalue weighted by molar-refractivity contribution is 5.56. The third kappa shape index (κ3) is 5.39. The first-order chi connectivity index (χ1) is 13.7. The van der Waals surface area contributed by atoms with Crippen molar-refractivity contribution in [1.29, 1.82) is 0 Å². The van der Waals surface area contributed by atoms with Crippen LogP contribution in [-0.4, -0.2) is 37.5 Å². The maximum atomic E-state index is 10.7. The fourth-order valence-corrected chi connectivity index (χ4v) is 2.76. The smallest absolute Gasteiger partial charge is 0.269 e. The molecule has 1 atom stereocenters. The lowest BCUT2D eigenvalue weighted by atomic mass is 9.87. The molecule has 152 valence electrons. The van der Waals surface area contributed by atoms with E-state index in [-0.39, 0.29) is 24.3 Å². The van der Waals surface area contributed by atoms with E-state index in [1.807, 2.05) is 24.3 Å². The highest BCUT2D eigenvalue weighted by atomic mass is 16.6. The summed E-state index contributed by atoms with van der Waals surface area (Å²) < 4.78 is 7.18. The lowest BCUT2D eigenvalue weighted by molar-refractivity contribution is -0.384. The minimum atomic E-state index is -0.760. The van der Waals surface area contributed by atoms with Crippen LogP contribution in [0.4, 0.5) is 5.69 Å². The van der Waals surface area contributed by atoms with Crippen LogP contribution < -0.4 is 4.74 Å². The maximum absolute atomic E-state index is 10.7. The zero-order valence-electron chi connectivity index (χ0n) is 16.6. The predicted molar refractivity (Wildman–Crippen MR) is 109 cm³/mol. The van der Waals surface area contributed by atoms with Gasteiger partial charge in [-0.2, -0.15) is 5.10 Å². The number of ether oxygens (including phenoxy) is 1. The van der Waals surface area contributed by atoms with E-state index in [0.717, 1.165) is 0 Å². The summed E-state index contributed by atoms with van der Waals surface area (Å²) in [5.74, 6) is 1.13. The maximum Gasteiger partial charge on any atom is 0.269 e. The molecule has 0 aliphatic heterocycles. The fourth-order valence-electron chi connectivity index (χ4n) is 2.76. The molecule has 0 spiro atoms. The molecule has 0 amide bonds. The van der Waals surface area contributed by atoms with Gasteiger partial charge in [-0.05, 0) is 35.2 Å². The number of aliphatic hydroxyl groups excluding tert-OH is 1. The summed E-state index contributed by atoms with van der Waals surface area (Å²) in [6.07, 6.45) is 0.752. The Balaban J connectivity index is 1.55. The van der Waals surface area contributed by atoms with Gasteiger partial charge in [-0.1, -0.05) is 32.9 Å². The number of aliphatic hydroxyl groups is 1. The number of non-ortho nitro benzene ring substituents is 1. The van der Waals surface area contributed by atoms with E-state index >= 15 is 0 Å². The van der Waals surface area contributed by atoms with Gasteiger partial charge in [0.2, 0.25) is 0 Å². The Bertz CT molecular complexity index is 960. The van der Waals surface area contributed by atoms with Gasteiger partial charge < -0.3 is 9.84 Å². The highest BCUT2D eigenvalue weighted by Gasteiger charge is 2.14. The van der Waals surface area contributed by atoms with Crippen molar-refractivity contribution >= 4 is 5.69 Å². The molecule has 2 aromatic carbocycles. The average molecular weight is 396 g/mol. The molecule has 3 aromatic rings. The van der Waals surface area contributed by atoms with Gasteiger partial charge in [0, 0.05) is 17.7 Å². The van der Waals surface area contributed by atoms with E-state index in [1.54, 1.807) is 12.1 Å². The number of hydrogen-bond donors (Lipinski definition) is 1. The zero-order valence-corrected chi connectivity index (χ0v) is 16.6. The molecule has 0 fully saturated rings. The Morgan fingerprint density at radius 2 is 1.79 bits per heavy atom. The minimum Gasteiger partial charge on any atom is -0.491 e. The Kier molecular flexibility index (Phi) is 5.93. The van der Waals surface area contributed by atoms with Gasteiger partial charge in [0.25, 0.3) is 5.69 Å². The lowest BCUT2D eigenvalue weighted by Gasteiger charge is -2.19. The van der Waals surface area contributed by atoms with Gasteiger partial charge in [0.1, 0.15) is 24.8 Å². The quantitative estimate of drug-likeness (QED) is 0.483. The molecule has 3 rings (SSSR count). The molecule has 1 aromatic heterocycles. The van der Waals surface area contributed by atoms with Crippen LogP contribution in [0.3, 0.4) is 0 Å². The second kappa shape index (κ2) is 8.40. The summed E-state index contributed by atoms with van der Waals surface area (Å²) in [7, 11) is 0. The molecule has 0 bridgehead atoms. The molecule has 1 heterocycles. The first kappa shape index (κ1) is 20.5. The van der Waals surface area contributed by atoms with E-state index in [2.05, 4.69) is 30.9 Å². The average Bonchev–Trinajstić information content (AvgIpc) is 3.14. The Hall–Kier alpha value is -3.26. The molecule has 0 aliphatic carbocycles. The van der Waals surface area contributed by atoms with Crippen LogP contribution in [0.25, 0.3) is 11.4 Å². The van der Waals surface area contributed by atoms with Crippen molar-refractivity contribution in [1.82, 2.24) is 14.8 Å². The third-order valence-corrected chi connectivity index (χ3v) is 4.43. The molecule has 0 saturated carbocycles. The fraction of sp³-hybridized carbons (Fsp3) is 0.333. The Morgan fingerprint density at radius 3 is 2.38 bits per heavy atom. The topological polar surface area (TPSA) is 103 Å². The second-order valence-corrected chi connectivity index (χ2v) is 7.83. The number of hydrogen-bond acceptors (Lipinski definition) is 6. The summed E-state index contributed by atoms with van der Waals surface area (Å²) in [6.45, 7) is 6.79. The van der Waals surface area contributed by atoms with Gasteiger partial charge in [-0.25, -0.2) is 9.67 Å². The van der Waals surface area contributed by atoms with Gasteiger partial charge >= 0.3 is 0 Å². The van der Waals surface area contributed by atoms with E-state index in [4.69, 9.17) is 4.74 Å². The standard InChI is InChI=1S/C21H24N4O4/c1-21(2,3)16-6-10-19(11-7-16)29-13-18(26)12-24-14-22-20(23-24)15-4-8-17(9-5-15)25(27)28/h4-11,14,18,26H,12-13H2,1-3H3. The molecular weight excluding hydrogens is 372 g/mol. The molecule has 0 aliphatic rings. The van der Waals surface area contributed by atoms with E-state index < -0.39 is 11.0 Å². The molecular formula is C21H24N4O4. The third-order valence-electron chi connectivity index (χ3n) is 4.43. The van der Waals surface area contributed by atoms with Crippen molar-refractivity contribution in [2.45, 2.75) is 38.8 Å². The van der Waals surface area contributed by atoms with Crippen LogP contribution in [-0.2, 0) is 12.0 Å². The summed E-state index contributed by atoms with van der Waals surface area (Å²) in [4.78, 5) is 14.5. The molecule has 0 saturated heterocycles. The van der Waals surface area contributed by atoms with Crippen LogP contribution in [0, 0.1) is 10.1 Å². The van der Waals surface area contributed by atoms with Crippen molar-refractivity contribution in [2.24, 2.45) is 0 Å². The van der Waals surface area contributed by atoms with Crippen LogP contribution in [0.2, 0.25) is 0 Å². The molecule has 29 heavy (non-hydrogen) atoms. The second-order valence-electron chi connectivity index (χ2n) is 7.83. The Labute approximate surface area is 168 Å². The summed E-state index contributed by atoms with van der Waals surface area (Å²) in [5.41, 5.74) is 1.97. The van der Waals surface area contributed by atoms with Crippen LogP contribution in [0.5, 0.6) is 5.75 Å². The molecule has 8 heteroatoms. The monoisotopic (exact) mass is 396 g/mol. The number of nitrogens with zero attached hydrogens (tertiary/aromatic N) is 4. The normalized spacial score (nSPS) is 12.6. The number of benzene rings is 2. The Morgan fingerprint density at radius 1 is 1.14 bits per heavy atom. The lowest BCUT2D eigenvalue weighted by Crippen LogP contribution is -2.24. The number of nitro groups is 1. The zero-order chi connectivity index (χ0) is 21.0. The van der Waals surface area contributed by atoms with Crippen molar-refractivity contribution in [3.05, 3.63) is 70.5 Å². The van der Waals surface area contributed by atoms with Gasteiger partial charge in [-0.3, -0.25) is 10.1 Å². The van der Waals surface area contributed by atoms with Gasteiger partial charge in [0.15, 0.2) is 5.82 Å². The first-order valence-corrected chi connectivity index (χ1v) is 9.28. The summed E-state index contributed by atoms with van der Waals surface area (Å²) in [6, 6.07) is 13.8. The molecule has 0 radical (unpaired) electrons. The molecule has 1 unspecified atom stereocenters. The van der Waals surface area contributed by atoms with Crippen LogP contribution >= 0.6 is 0 Å². The van der Waals surface area contributed by atoms with E-state index in [0.29, 0.717) is 17.1 Å². The number of rotatable bonds is 7. The predicted octanol–water partition coefficient (Wildman–Crippen LogP) is 3.59. The van der Waals surface area contributed by atoms with E-state index in [1.165, 1.54) is 28.7 Å². The summed E-state index contributed by atoms with van der Waals surface area (Å²) in [5, 5.41) is 25.3. The van der Waals surface area contributed by atoms with Crippen molar-refractivity contribution in [3.8, 4) is 17.1 Å². The van der Waals surface area contributed by atoms with Gasteiger partial charge in [-0.15, -0.1) is 0 Å². The van der Waals surface area contributed by atoms with Crippen LogP contribution in [0.1, 0.15) is 26.3 Å². The van der Waals surface area contributed by atoms with Crippen molar-refractivity contribution < 1.29 is 14.8 Å².